The molecule has 1 aromatic carbocycles. The molecule has 0 aliphatic rings. The van der Waals surface area contributed by atoms with Crippen LogP contribution >= 0.6 is 0 Å². The summed E-state index contributed by atoms with van der Waals surface area (Å²) in [6.45, 7) is 1.89. The van der Waals surface area contributed by atoms with Gasteiger partial charge in [0.1, 0.15) is 5.75 Å². The van der Waals surface area contributed by atoms with Crippen molar-refractivity contribution in [2.75, 3.05) is 0 Å². The Bertz CT molecular complexity index is 428. The first-order valence-corrected chi connectivity index (χ1v) is 3.82. The second-order valence-electron chi connectivity index (χ2n) is 2.78. The number of phenolic OH excluding ortho intramolecular Hbond substituents is 1. The highest BCUT2D eigenvalue weighted by Gasteiger charge is 2.00. The van der Waals surface area contributed by atoms with Crippen LogP contribution in [0.25, 0.3) is 10.9 Å². The lowest BCUT2D eigenvalue weighted by Crippen LogP contribution is -1.81. The monoisotopic (exact) mass is 189 g/mol. The van der Waals surface area contributed by atoms with Crippen molar-refractivity contribution < 1.29 is 5.11 Å². The fraction of sp³-hybridized carbons (Fsp3) is 0.100. The molecule has 1 aromatic heterocycles. The second kappa shape index (κ2) is 3.78. The summed E-state index contributed by atoms with van der Waals surface area (Å²) in [5.41, 5.74) is 1.81. The SMILES string of the molecule is Cc1c(O)ccc2ncccc12.[AlH3]. The molecule has 2 rings (SSSR count). The first-order valence-electron chi connectivity index (χ1n) is 3.82. The van der Waals surface area contributed by atoms with Gasteiger partial charge in [0.25, 0.3) is 0 Å². The zero-order chi connectivity index (χ0) is 8.55. The molecule has 0 spiro atoms. The lowest BCUT2D eigenvalue weighted by molar-refractivity contribution is 0.472. The van der Waals surface area contributed by atoms with Gasteiger partial charge in [-0.2, -0.15) is 0 Å². The highest BCUT2D eigenvalue weighted by Crippen LogP contribution is 2.23. The van der Waals surface area contributed by atoms with Crippen LogP contribution < -0.4 is 0 Å². The summed E-state index contributed by atoms with van der Waals surface area (Å²) in [7, 11) is 0. The lowest BCUT2D eigenvalue weighted by atomic mass is 10.1. The Labute approximate surface area is 87.4 Å². The number of hydrogen-bond donors (Lipinski definition) is 1. The van der Waals surface area contributed by atoms with Gasteiger partial charge < -0.3 is 5.11 Å². The number of rotatable bonds is 0. The van der Waals surface area contributed by atoms with Crippen molar-refractivity contribution in [3.63, 3.8) is 0 Å². The van der Waals surface area contributed by atoms with E-state index < -0.39 is 0 Å². The van der Waals surface area contributed by atoms with Gasteiger partial charge in [-0.25, -0.2) is 0 Å². The summed E-state index contributed by atoms with van der Waals surface area (Å²) in [5, 5.41) is 10.4. The van der Waals surface area contributed by atoms with Gasteiger partial charge in [-0.3, -0.25) is 4.98 Å². The van der Waals surface area contributed by atoms with Crippen LogP contribution in [0.3, 0.4) is 0 Å². The second-order valence-corrected chi connectivity index (χ2v) is 2.78. The fourth-order valence-corrected chi connectivity index (χ4v) is 1.29. The normalized spacial score (nSPS) is 9.62. The minimum absolute atomic E-state index is 0. The van der Waals surface area contributed by atoms with Crippen LogP contribution in [0.15, 0.2) is 30.5 Å². The number of aromatic nitrogens is 1. The van der Waals surface area contributed by atoms with Gasteiger partial charge in [0, 0.05) is 17.1 Å². The van der Waals surface area contributed by atoms with Gasteiger partial charge in [0.15, 0.2) is 17.4 Å². The maximum atomic E-state index is 9.39. The molecule has 1 N–H and O–H groups in total. The van der Waals surface area contributed by atoms with Crippen molar-refractivity contribution in [1.29, 1.82) is 0 Å². The average Bonchev–Trinajstić information content (AvgIpc) is 2.12. The van der Waals surface area contributed by atoms with E-state index in [0.29, 0.717) is 5.75 Å². The maximum absolute atomic E-state index is 9.39. The minimum Gasteiger partial charge on any atom is -0.508 e. The molecule has 0 aliphatic carbocycles. The average molecular weight is 189 g/mol. The summed E-state index contributed by atoms with van der Waals surface area (Å²) < 4.78 is 0. The summed E-state index contributed by atoms with van der Waals surface area (Å²) >= 11 is 0. The molecule has 2 nitrogen and oxygen atoms in total. The topological polar surface area (TPSA) is 33.1 Å². The molecule has 13 heavy (non-hydrogen) atoms. The first-order chi connectivity index (χ1) is 5.79. The fourth-order valence-electron chi connectivity index (χ4n) is 1.29. The Hall–Kier alpha value is -1.04. The van der Waals surface area contributed by atoms with E-state index >= 15 is 0 Å². The molecule has 0 fully saturated rings. The summed E-state index contributed by atoms with van der Waals surface area (Å²) in [6.07, 6.45) is 1.75. The Balaban J connectivity index is 0.000000845. The molecule has 0 saturated heterocycles. The van der Waals surface area contributed by atoms with Gasteiger partial charge in [-0.15, -0.1) is 0 Å². The van der Waals surface area contributed by atoms with Crippen LogP contribution in [0, 0.1) is 6.92 Å². The van der Waals surface area contributed by atoms with Crippen molar-refractivity contribution >= 4 is 28.3 Å². The summed E-state index contributed by atoms with van der Waals surface area (Å²) in [5.74, 6) is 0.329. The van der Waals surface area contributed by atoms with E-state index in [2.05, 4.69) is 4.98 Å². The Morgan fingerprint density at radius 1 is 1.23 bits per heavy atom. The van der Waals surface area contributed by atoms with Crippen LogP contribution in [0.5, 0.6) is 5.75 Å². The number of aryl methyl sites for hydroxylation is 1. The van der Waals surface area contributed by atoms with E-state index in [-0.39, 0.29) is 17.4 Å². The molecular weight excluding hydrogens is 177 g/mol. The molecular formula is C10H12AlNO. The first kappa shape index (κ1) is 10.0. The number of phenols is 1. The largest absolute Gasteiger partial charge is 0.508 e. The van der Waals surface area contributed by atoms with Crippen LogP contribution in [0.2, 0.25) is 0 Å². The highest BCUT2D eigenvalue weighted by molar-refractivity contribution is 5.83. The smallest absolute Gasteiger partial charge is 0.187 e. The zero-order valence-corrected chi connectivity index (χ0v) is 6.78. The Morgan fingerprint density at radius 2 is 2.00 bits per heavy atom. The molecule has 66 valence electrons. The predicted octanol–water partition coefficient (Wildman–Crippen LogP) is 1.06. The van der Waals surface area contributed by atoms with Crippen LogP contribution in [0.4, 0.5) is 0 Å². The summed E-state index contributed by atoms with van der Waals surface area (Å²) in [4.78, 5) is 4.17. The van der Waals surface area contributed by atoms with Crippen molar-refractivity contribution in [2.45, 2.75) is 6.92 Å². The van der Waals surface area contributed by atoms with Crippen LogP contribution in [0.1, 0.15) is 5.56 Å². The van der Waals surface area contributed by atoms with E-state index in [1.165, 1.54) is 0 Å². The standard InChI is InChI=1S/C10H9NO.Al.3H/c1-7-8-3-2-6-11-9(8)4-5-10(7)12;;;;/h2-6,12H,1H3;;;;. The van der Waals surface area contributed by atoms with Gasteiger partial charge in [-0.1, -0.05) is 6.07 Å². The van der Waals surface area contributed by atoms with E-state index in [0.717, 1.165) is 16.5 Å². The Morgan fingerprint density at radius 3 is 2.77 bits per heavy atom. The van der Waals surface area contributed by atoms with E-state index in [4.69, 9.17) is 0 Å². The number of hydrogen-bond acceptors (Lipinski definition) is 2. The molecule has 2 aromatic rings. The van der Waals surface area contributed by atoms with Crippen molar-refractivity contribution in [3.8, 4) is 5.75 Å². The number of nitrogens with zero attached hydrogens (tertiary/aromatic N) is 1. The van der Waals surface area contributed by atoms with Gasteiger partial charge in [0.2, 0.25) is 0 Å². The molecule has 0 bridgehead atoms. The van der Waals surface area contributed by atoms with E-state index in [1.807, 2.05) is 25.1 Å². The lowest BCUT2D eigenvalue weighted by Gasteiger charge is -2.02. The van der Waals surface area contributed by atoms with Crippen molar-refractivity contribution in [3.05, 3.63) is 36.0 Å². The Kier molecular flexibility index (Phi) is 2.92. The van der Waals surface area contributed by atoms with Crippen LogP contribution in [-0.2, 0) is 0 Å². The van der Waals surface area contributed by atoms with Gasteiger partial charge in [-0.05, 0) is 25.1 Å². The molecule has 0 radical (unpaired) electrons. The highest BCUT2D eigenvalue weighted by atomic mass is 27.0. The maximum Gasteiger partial charge on any atom is 0.187 e. The molecule has 1 heterocycles. The third kappa shape index (κ3) is 1.67. The van der Waals surface area contributed by atoms with E-state index in [1.54, 1.807) is 12.3 Å². The quantitative estimate of drug-likeness (QED) is 0.629. The molecule has 0 atom stereocenters. The third-order valence-corrected chi connectivity index (χ3v) is 2.03. The number of pyridine rings is 1. The molecule has 0 aliphatic heterocycles. The van der Waals surface area contributed by atoms with Gasteiger partial charge in [0.05, 0.1) is 5.52 Å². The minimum atomic E-state index is 0. The van der Waals surface area contributed by atoms with Crippen LogP contribution in [-0.4, -0.2) is 27.5 Å². The number of fused-ring (bicyclic) bond motifs is 1. The number of aromatic hydroxyl groups is 1. The zero-order valence-electron chi connectivity index (χ0n) is 6.78. The predicted molar refractivity (Wildman–Crippen MR) is 58.1 cm³/mol. The molecule has 0 unspecified atom stereocenters. The van der Waals surface area contributed by atoms with E-state index in [9.17, 15) is 5.11 Å². The van der Waals surface area contributed by atoms with Crippen molar-refractivity contribution in [1.82, 2.24) is 4.98 Å². The summed E-state index contributed by atoms with van der Waals surface area (Å²) in [6, 6.07) is 7.31. The molecule has 0 amide bonds. The number of benzene rings is 1. The molecule has 3 heteroatoms. The van der Waals surface area contributed by atoms with Crippen molar-refractivity contribution in [2.24, 2.45) is 0 Å². The third-order valence-electron chi connectivity index (χ3n) is 2.03. The van der Waals surface area contributed by atoms with Gasteiger partial charge >= 0.3 is 0 Å². The molecule has 0 saturated carbocycles.